The zero-order valence-corrected chi connectivity index (χ0v) is 15.4. The number of likely N-dealkylation sites (N-methyl/N-ethyl adjacent to an activating group) is 1. The highest BCUT2D eigenvalue weighted by Gasteiger charge is 2.12. The second-order valence-electron chi connectivity index (χ2n) is 6.08. The number of hydrogen-bond acceptors (Lipinski definition) is 6. The number of benzene rings is 2. The Kier molecular flexibility index (Phi) is 5.65. The Balaban J connectivity index is 1.47. The van der Waals surface area contributed by atoms with Crippen LogP contribution in [0.5, 0.6) is 17.2 Å². The summed E-state index contributed by atoms with van der Waals surface area (Å²) in [6.45, 7) is 3.11. The third-order valence-electron chi connectivity index (χ3n) is 3.95. The Morgan fingerprint density at radius 2 is 1.77 bits per heavy atom. The summed E-state index contributed by atoms with van der Waals surface area (Å²) in [7, 11) is -1.67. The molecule has 0 atom stereocenters. The van der Waals surface area contributed by atoms with Crippen molar-refractivity contribution in [2.45, 2.75) is 11.4 Å². The van der Waals surface area contributed by atoms with Crippen LogP contribution in [0.3, 0.4) is 0 Å². The molecule has 3 rings (SSSR count). The number of nitrogens with zero attached hydrogens (tertiary/aromatic N) is 1. The molecule has 0 unspecified atom stereocenters. The van der Waals surface area contributed by atoms with Gasteiger partial charge in [-0.25, -0.2) is 13.6 Å². The van der Waals surface area contributed by atoms with Crippen molar-refractivity contribution in [3.8, 4) is 17.2 Å². The van der Waals surface area contributed by atoms with Crippen molar-refractivity contribution >= 4 is 10.0 Å². The molecule has 140 valence electrons. The number of fused-ring (bicyclic) bond motifs is 1. The maximum Gasteiger partial charge on any atom is 0.238 e. The molecule has 1 aliphatic heterocycles. The van der Waals surface area contributed by atoms with Gasteiger partial charge in [-0.05, 0) is 49.0 Å². The first-order chi connectivity index (χ1) is 12.4. The van der Waals surface area contributed by atoms with Gasteiger partial charge in [0.2, 0.25) is 10.0 Å². The maximum atomic E-state index is 11.2. The summed E-state index contributed by atoms with van der Waals surface area (Å²) in [6.07, 6.45) is 0. The third kappa shape index (κ3) is 4.87. The number of hydrogen-bond donors (Lipinski definition) is 1. The fourth-order valence-corrected chi connectivity index (χ4v) is 3.14. The van der Waals surface area contributed by atoms with Crippen LogP contribution in [0.4, 0.5) is 0 Å². The van der Waals surface area contributed by atoms with Gasteiger partial charge in [-0.15, -0.1) is 0 Å². The molecule has 0 fully saturated rings. The van der Waals surface area contributed by atoms with E-state index in [-0.39, 0.29) is 4.90 Å². The van der Waals surface area contributed by atoms with Crippen LogP contribution >= 0.6 is 0 Å². The predicted molar refractivity (Wildman–Crippen MR) is 97.1 cm³/mol. The van der Waals surface area contributed by atoms with E-state index in [0.29, 0.717) is 32.1 Å². The second-order valence-corrected chi connectivity index (χ2v) is 7.64. The number of sulfonamides is 1. The van der Waals surface area contributed by atoms with E-state index in [0.717, 1.165) is 23.6 Å². The van der Waals surface area contributed by atoms with Gasteiger partial charge in [0, 0.05) is 13.1 Å². The smallest absolute Gasteiger partial charge is 0.238 e. The van der Waals surface area contributed by atoms with Gasteiger partial charge in [0.25, 0.3) is 0 Å². The molecule has 0 saturated carbocycles. The predicted octanol–water partition coefficient (Wildman–Crippen LogP) is 1.62. The Morgan fingerprint density at radius 3 is 2.46 bits per heavy atom. The minimum atomic E-state index is -3.68. The fourth-order valence-electron chi connectivity index (χ4n) is 2.62. The zero-order chi connectivity index (χ0) is 18.6. The van der Waals surface area contributed by atoms with Crippen molar-refractivity contribution in [1.29, 1.82) is 0 Å². The highest BCUT2D eigenvalue weighted by atomic mass is 32.2. The van der Waals surface area contributed by atoms with E-state index in [1.807, 2.05) is 25.2 Å². The topological polar surface area (TPSA) is 91.1 Å². The molecule has 1 heterocycles. The van der Waals surface area contributed by atoms with Gasteiger partial charge in [0.05, 0.1) is 4.90 Å². The van der Waals surface area contributed by atoms with Crippen molar-refractivity contribution in [1.82, 2.24) is 4.90 Å². The quantitative estimate of drug-likeness (QED) is 0.787. The summed E-state index contributed by atoms with van der Waals surface area (Å²) in [5, 5.41) is 5.07. The fraction of sp³-hybridized carbons (Fsp3) is 0.333. The molecule has 0 aliphatic carbocycles. The van der Waals surface area contributed by atoms with Crippen LogP contribution in [0.25, 0.3) is 0 Å². The molecule has 26 heavy (non-hydrogen) atoms. The van der Waals surface area contributed by atoms with Crippen LogP contribution in [-0.2, 0) is 16.6 Å². The van der Waals surface area contributed by atoms with Crippen molar-refractivity contribution < 1.29 is 22.6 Å². The average Bonchev–Trinajstić information content (AvgIpc) is 2.61. The summed E-state index contributed by atoms with van der Waals surface area (Å²) < 4.78 is 39.2. The molecule has 2 aromatic carbocycles. The average molecular weight is 378 g/mol. The third-order valence-corrected chi connectivity index (χ3v) is 4.88. The van der Waals surface area contributed by atoms with Crippen LogP contribution in [0.15, 0.2) is 47.4 Å². The highest BCUT2D eigenvalue weighted by Crippen LogP contribution is 2.31. The summed E-state index contributed by atoms with van der Waals surface area (Å²) >= 11 is 0. The van der Waals surface area contributed by atoms with E-state index < -0.39 is 10.0 Å². The largest absolute Gasteiger partial charge is 0.492 e. The lowest BCUT2D eigenvalue weighted by Gasteiger charge is -2.21. The van der Waals surface area contributed by atoms with Gasteiger partial charge in [-0.3, -0.25) is 4.90 Å². The highest BCUT2D eigenvalue weighted by molar-refractivity contribution is 7.89. The van der Waals surface area contributed by atoms with Crippen LogP contribution in [0.1, 0.15) is 5.56 Å². The van der Waals surface area contributed by atoms with E-state index in [4.69, 9.17) is 19.3 Å². The summed E-state index contributed by atoms with van der Waals surface area (Å²) in [5.41, 5.74) is 1.13. The lowest BCUT2D eigenvalue weighted by molar-refractivity contribution is 0.171. The Hall–Kier alpha value is -2.29. The van der Waals surface area contributed by atoms with Crippen molar-refractivity contribution in [3.05, 3.63) is 48.0 Å². The monoisotopic (exact) mass is 378 g/mol. The zero-order valence-electron chi connectivity index (χ0n) is 14.6. The van der Waals surface area contributed by atoms with Gasteiger partial charge < -0.3 is 14.2 Å². The number of primary sulfonamides is 1. The molecule has 0 saturated heterocycles. The first kappa shape index (κ1) is 18.5. The van der Waals surface area contributed by atoms with Crippen LogP contribution in [0.2, 0.25) is 0 Å². The molecule has 0 aromatic heterocycles. The standard InChI is InChI=1S/C18H22N2O5S/c1-20(13-14-2-7-17-18(12-14)25-11-10-24-17)8-9-23-15-3-5-16(6-4-15)26(19,21)22/h2-7,12H,8-11,13H2,1H3,(H2,19,21,22). The Bertz CT molecular complexity index is 852. The lowest BCUT2D eigenvalue weighted by Crippen LogP contribution is -2.24. The molecule has 0 amide bonds. The number of rotatable bonds is 7. The molecule has 0 radical (unpaired) electrons. The minimum absolute atomic E-state index is 0.0700. The summed E-state index contributed by atoms with van der Waals surface area (Å²) in [4.78, 5) is 2.20. The lowest BCUT2D eigenvalue weighted by atomic mass is 10.2. The first-order valence-electron chi connectivity index (χ1n) is 8.24. The van der Waals surface area contributed by atoms with Gasteiger partial charge in [0.1, 0.15) is 25.6 Å². The van der Waals surface area contributed by atoms with Gasteiger partial charge in [-0.2, -0.15) is 0 Å². The molecule has 7 nitrogen and oxygen atoms in total. The van der Waals surface area contributed by atoms with Crippen LogP contribution < -0.4 is 19.3 Å². The van der Waals surface area contributed by atoms with E-state index in [1.165, 1.54) is 12.1 Å². The van der Waals surface area contributed by atoms with Gasteiger partial charge >= 0.3 is 0 Å². The van der Waals surface area contributed by atoms with E-state index in [1.54, 1.807) is 12.1 Å². The Morgan fingerprint density at radius 1 is 1.08 bits per heavy atom. The van der Waals surface area contributed by atoms with Crippen molar-refractivity contribution in [2.24, 2.45) is 5.14 Å². The Labute approximate surface area is 153 Å². The molecular weight excluding hydrogens is 356 g/mol. The summed E-state index contributed by atoms with van der Waals surface area (Å²) in [6, 6.07) is 12.0. The second kappa shape index (κ2) is 7.94. The van der Waals surface area contributed by atoms with Crippen LogP contribution in [0, 0.1) is 0 Å². The molecular formula is C18H22N2O5S. The first-order valence-corrected chi connectivity index (χ1v) is 9.79. The van der Waals surface area contributed by atoms with E-state index in [9.17, 15) is 8.42 Å². The van der Waals surface area contributed by atoms with Crippen LogP contribution in [-0.4, -0.2) is 46.7 Å². The minimum Gasteiger partial charge on any atom is -0.492 e. The molecule has 0 spiro atoms. The molecule has 0 bridgehead atoms. The molecule has 1 aliphatic rings. The van der Waals surface area contributed by atoms with E-state index >= 15 is 0 Å². The SMILES string of the molecule is CN(CCOc1ccc(S(N)(=O)=O)cc1)Cc1ccc2c(c1)OCCO2. The van der Waals surface area contributed by atoms with Crippen molar-refractivity contribution in [3.63, 3.8) is 0 Å². The van der Waals surface area contributed by atoms with Crippen molar-refractivity contribution in [2.75, 3.05) is 33.4 Å². The molecule has 2 aromatic rings. The van der Waals surface area contributed by atoms with E-state index in [2.05, 4.69) is 4.90 Å². The number of nitrogens with two attached hydrogens (primary N) is 1. The normalized spacial score (nSPS) is 13.7. The summed E-state index contributed by atoms with van der Waals surface area (Å²) in [5.74, 6) is 2.17. The van der Waals surface area contributed by atoms with Gasteiger partial charge in [0.15, 0.2) is 11.5 Å². The van der Waals surface area contributed by atoms with Gasteiger partial charge in [-0.1, -0.05) is 6.07 Å². The molecule has 2 N–H and O–H groups in total. The number of ether oxygens (including phenoxy) is 3. The maximum absolute atomic E-state index is 11.2. The molecule has 8 heteroatoms.